The third-order valence-corrected chi connectivity index (χ3v) is 7.33. The molecule has 0 amide bonds. The van der Waals surface area contributed by atoms with Gasteiger partial charge in [0.2, 0.25) is 0 Å². The molecule has 3 saturated heterocycles. The minimum atomic E-state index is -5.08. The topological polar surface area (TPSA) is 99.6 Å². The number of rotatable bonds is 6. The highest BCUT2D eigenvalue weighted by Crippen LogP contribution is 2.37. The summed E-state index contributed by atoms with van der Waals surface area (Å²) in [4.78, 5) is 11.3. The zero-order valence-corrected chi connectivity index (χ0v) is 18.0. The summed E-state index contributed by atoms with van der Waals surface area (Å²) in [7, 11) is -0.207. The van der Waals surface area contributed by atoms with E-state index in [-0.39, 0.29) is 11.7 Å². The number of halogens is 3. The van der Waals surface area contributed by atoms with Crippen molar-refractivity contribution >= 4 is 16.2 Å². The molecular formula is C17H30F3N3O6S. The third kappa shape index (κ3) is 6.76. The molecule has 1 spiro atoms. The summed E-state index contributed by atoms with van der Waals surface area (Å²) < 4.78 is 71.0. The van der Waals surface area contributed by atoms with Gasteiger partial charge in [0, 0.05) is 40.2 Å². The van der Waals surface area contributed by atoms with Crippen molar-refractivity contribution in [3.63, 3.8) is 0 Å². The molecule has 3 aliphatic heterocycles. The highest BCUT2D eigenvalue weighted by Gasteiger charge is 2.49. The van der Waals surface area contributed by atoms with Crippen molar-refractivity contribution < 1.29 is 41.0 Å². The number of aliphatic carboxylic acids is 1. The summed E-state index contributed by atoms with van der Waals surface area (Å²) in [6.45, 7) is 5.66. The van der Waals surface area contributed by atoms with Crippen LogP contribution in [0, 0.1) is 0 Å². The molecule has 3 heterocycles. The van der Waals surface area contributed by atoms with Crippen LogP contribution in [0.2, 0.25) is 0 Å². The van der Waals surface area contributed by atoms with Crippen LogP contribution < -0.4 is 0 Å². The Morgan fingerprint density at radius 3 is 2.40 bits per heavy atom. The second-order valence-corrected chi connectivity index (χ2v) is 10.1. The molecular weight excluding hydrogens is 431 g/mol. The summed E-state index contributed by atoms with van der Waals surface area (Å²) in [5.74, 6) is -2.76. The van der Waals surface area contributed by atoms with E-state index in [1.807, 2.05) is 0 Å². The van der Waals surface area contributed by atoms with Gasteiger partial charge in [-0.05, 0) is 32.4 Å². The number of hydrogen-bond donors (Lipinski definition) is 1. The predicted octanol–water partition coefficient (Wildman–Crippen LogP) is 0.772. The van der Waals surface area contributed by atoms with Crippen molar-refractivity contribution in [2.75, 3.05) is 60.0 Å². The highest BCUT2D eigenvalue weighted by molar-refractivity contribution is 7.86. The van der Waals surface area contributed by atoms with Crippen LogP contribution >= 0.6 is 0 Å². The Labute approximate surface area is 174 Å². The summed E-state index contributed by atoms with van der Waals surface area (Å²) >= 11 is 0. The van der Waals surface area contributed by atoms with Gasteiger partial charge >= 0.3 is 12.1 Å². The lowest BCUT2D eigenvalue weighted by Gasteiger charge is -2.25. The lowest BCUT2D eigenvalue weighted by atomic mass is 9.98. The van der Waals surface area contributed by atoms with Gasteiger partial charge in [-0.15, -0.1) is 0 Å². The minimum absolute atomic E-state index is 0.0969. The zero-order chi connectivity index (χ0) is 22.6. The van der Waals surface area contributed by atoms with E-state index in [2.05, 4.69) is 4.90 Å². The van der Waals surface area contributed by atoms with Gasteiger partial charge in [0.25, 0.3) is 10.2 Å². The third-order valence-electron chi connectivity index (χ3n) is 5.45. The molecule has 0 aliphatic carbocycles. The molecule has 13 heteroatoms. The van der Waals surface area contributed by atoms with Gasteiger partial charge in [-0.2, -0.15) is 30.2 Å². The van der Waals surface area contributed by atoms with Crippen molar-refractivity contribution in [1.82, 2.24) is 13.5 Å². The van der Waals surface area contributed by atoms with Gasteiger partial charge < -0.3 is 19.5 Å². The van der Waals surface area contributed by atoms with Crippen molar-refractivity contribution in [1.29, 1.82) is 0 Å². The van der Waals surface area contributed by atoms with E-state index in [0.717, 1.165) is 26.0 Å². The first-order valence-corrected chi connectivity index (χ1v) is 11.2. The number of carboxylic acids is 1. The SMILES string of the molecule is CN(C)S(=O)(=O)N1CC[C@]2(C[C@@H](OCCN3CCCC3)CO2)C1.O=C(O)C(F)(F)F. The number of likely N-dealkylation sites (tertiary alicyclic amines) is 1. The van der Waals surface area contributed by atoms with E-state index in [0.29, 0.717) is 19.7 Å². The van der Waals surface area contributed by atoms with Gasteiger partial charge in [0.05, 0.1) is 24.9 Å². The normalized spacial score (nSPS) is 28.3. The first-order valence-electron chi connectivity index (χ1n) is 9.81. The van der Waals surface area contributed by atoms with E-state index in [9.17, 15) is 21.6 Å². The van der Waals surface area contributed by atoms with Crippen LogP contribution in [0.15, 0.2) is 0 Å². The van der Waals surface area contributed by atoms with E-state index < -0.39 is 22.4 Å². The predicted molar refractivity (Wildman–Crippen MR) is 101 cm³/mol. The zero-order valence-electron chi connectivity index (χ0n) is 17.2. The van der Waals surface area contributed by atoms with Crippen LogP contribution in [0.25, 0.3) is 0 Å². The van der Waals surface area contributed by atoms with Gasteiger partial charge in [0.15, 0.2) is 0 Å². The second-order valence-electron chi connectivity index (χ2n) is 7.92. The van der Waals surface area contributed by atoms with Crippen LogP contribution in [-0.2, 0) is 24.5 Å². The first kappa shape index (κ1) is 25.3. The lowest BCUT2D eigenvalue weighted by Crippen LogP contribution is -2.41. The average molecular weight is 462 g/mol. The largest absolute Gasteiger partial charge is 0.490 e. The maximum Gasteiger partial charge on any atom is 0.490 e. The summed E-state index contributed by atoms with van der Waals surface area (Å²) in [5, 5.41) is 7.12. The van der Waals surface area contributed by atoms with Gasteiger partial charge in [-0.3, -0.25) is 0 Å². The second kappa shape index (κ2) is 10.1. The first-order chi connectivity index (χ1) is 13.9. The molecule has 9 nitrogen and oxygen atoms in total. The fourth-order valence-electron chi connectivity index (χ4n) is 3.78. The molecule has 176 valence electrons. The van der Waals surface area contributed by atoms with Crippen LogP contribution in [0.1, 0.15) is 25.7 Å². The fourth-order valence-corrected chi connectivity index (χ4v) is 4.97. The molecule has 30 heavy (non-hydrogen) atoms. The summed E-state index contributed by atoms with van der Waals surface area (Å²) in [5.41, 5.74) is -0.346. The Balaban J connectivity index is 0.000000396. The Hall–Kier alpha value is -0.990. The van der Waals surface area contributed by atoms with E-state index in [4.69, 9.17) is 19.4 Å². The van der Waals surface area contributed by atoms with Crippen molar-refractivity contribution in [2.24, 2.45) is 0 Å². The fraction of sp³-hybridized carbons (Fsp3) is 0.941. The number of alkyl halides is 3. The molecule has 0 bridgehead atoms. The van der Waals surface area contributed by atoms with Gasteiger partial charge in [-0.25, -0.2) is 4.79 Å². The number of carboxylic acid groups (broad SMARTS) is 1. The lowest BCUT2D eigenvalue weighted by molar-refractivity contribution is -0.192. The van der Waals surface area contributed by atoms with Crippen molar-refractivity contribution in [2.45, 2.75) is 43.6 Å². The molecule has 3 fully saturated rings. The Morgan fingerprint density at radius 2 is 1.87 bits per heavy atom. The summed E-state index contributed by atoms with van der Waals surface area (Å²) in [6, 6.07) is 0. The number of carbonyl (C=O) groups is 1. The molecule has 3 rings (SSSR count). The number of hydrogen-bond acceptors (Lipinski definition) is 6. The average Bonchev–Trinajstić information content (AvgIpc) is 3.38. The molecule has 2 atom stereocenters. The molecule has 0 radical (unpaired) electrons. The quantitative estimate of drug-likeness (QED) is 0.624. The van der Waals surface area contributed by atoms with E-state index >= 15 is 0 Å². The Bertz CT molecular complexity index is 685. The highest BCUT2D eigenvalue weighted by atomic mass is 32.2. The molecule has 3 aliphatic rings. The number of nitrogens with zero attached hydrogens (tertiary/aromatic N) is 3. The van der Waals surface area contributed by atoms with Crippen LogP contribution in [0.3, 0.4) is 0 Å². The van der Waals surface area contributed by atoms with E-state index in [1.165, 1.54) is 34.5 Å². The standard InChI is InChI=1S/C15H29N3O4S.C2HF3O2/c1-16(2)23(19,20)18-8-5-15(13-18)11-14(12-22-15)21-10-9-17-6-3-4-7-17;3-2(4,5)1(6)7/h14H,3-13H2,1-2H3;(H,6,7)/t14-,15+;/m1./s1. The Morgan fingerprint density at radius 1 is 1.27 bits per heavy atom. The minimum Gasteiger partial charge on any atom is -0.475 e. The number of ether oxygens (including phenoxy) is 2. The summed E-state index contributed by atoms with van der Waals surface area (Å²) in [6.07, 6.45) is -0.837. The van der Waals surface area contributed by atoms with Crippen LogP contribution in [-0.4, -0.2) is 111 Å². The molecule has 0 aromatic heterocycles. The molecule has 0 unspecified atom stereocenters. The molecule has 0 aromatic carbocycles. The van der Waals surface area contributed by atoms with Gasteiger partial charge in [-0.1, -0.05) is 0 Å². The van der Waals surface area contributed by atoms with Crippen molar-refractivity contribution in [3.8, 4) is 0 Å². The molecule has 1 N–H and O–H groups in total. The maximum atomic E-state index is 12.2. The molecule has 0 aromatic rings. The maximum absolute atomic E-state index is 12.2. The van der Waals surface area contributed by atoms with Gasteiger partial charge in [0.1, 0.15) is 0 Å². The van der Waals surface area contributed by atoms with Crippen LogP contribution in [0.4, 0.5) is 13.2 Å². The van der Waals surface area contributed by atoms with Crippen molar-refractivity contribution in [3.05, 3.63) is 0 Å². The van der Waals surface area contributed by atoms with Crippen LogP contribution in [0.5, 0.6) is 0 Å². The smallest absolute Gasteiger partial charge is 0.475 e. The monoisotopic (exact) mass is 461 g/mol. The molecule has 0 saturated carbocycles. The Kier molecular flexibility index (Phi) is 8.50. The van der Waals surface area contributed by atoms with E-state index in [1.54, 1.807) is 14.1 Å².